The largest absolute Gasteiger partial charge is 0.444 e. The molecule has 6 nitrogen and oxygen atoms in total. The molecule has 0 aromatic heterocycles. The number of benzene rings is 1. The van der Waals surface area contributed by atoms with Crippen molar-refractivity contribution in [3.63, 3.8) is 0 Å². The molecule has 1 unspecified atom stereocenters. The van der Waals surface area contributed by atoms with Gasteiger partial charge in [0.25, 0.3) is 0 Å². The summed E-state index contributed by atoms with van der Waals surface area (Å²) in [7, 11) is 0. The Hall–Kier alpha value is -2.08. The smallest absolute Gasteiger partial charge is 0.410 e. The van der Waals surface area contributed by atoms with Gasteiger partial charge in [-0.05, 0) is 57.9 Å². The number of nitrogens with one attached hydrogen (secondary N) is 1. The van der Waals surface area contributed by atoms with Crippen LogP contribution in [0.3, 0.4) is 0 Å². The van der Waals surface area contributed by atoms with Gasteiger partial charge in [-0.3, -0.25) is 4.79 Å². The molecule has 27 heavy (non-hydrogen) atoms. The van der Waals surface area contributed by atoms with E-state index in [0.29, 0.717) is 32.0 Å². The highest BCUT2D eigenvalue weighted by Gasteiger charge is 2.28. The fourth-order valence-corrected chi connectivity index (χ4v) is 3.25. The molecule has 3 N–H and O–H groups in total. The number of piperidine rings is 1. The van der Waals surface area contributed by atoms with E-state index in [1.54, 1.807) is 4.90 Å². The summed E-state index contributed by atoms with van der Waals surface area (Å²) in [4.78, 5) is 26.1. The minimum Gasteiger partial charge on any atom is -0.444 e. The molecular weight excluding hydrogens is 342 g/mol. The highest BCUT2D eigenvalue weighted by molar-refractivity contribution is 5.81. The minimum atomic E-state index is -0.501. The molecule has 0 radical (unpaired) electrons. The number of hydrogen-bond acceptors (Lipinski definition) is 4. The first-order chi connectivity index (χ1) is 12.7. The third-order valence-electron chi connectivity index (χ3n) is 4.75. The Morgan fingerprint density at radius 3 is 2.44 bits per heavy atom. The van der Waals surface area contributed by atoms with Gasteiger partial charge in [-0.15, -0.1) is 0 Å². The number of ether oxygens (including phenoxy) is 1. The third kappa shape index (κ3) is 7.59. The predicted octanol–water partition coefficient (Wildman–Crippen LogP) is 2.71. The maximum absolute atomic E-state index is 12.2. The fourth-order valence-electron chi connectivity index (χ4n) is 3.25. The number of nitrogens with zero attached hydrogens (tertiary/aromatic N) is 1. The van der Waals surface area contributed by atoms with Gasteiger partial charge in [0, 0.05) is 19.6 Å². The van der Waals surface area contributed by atoms with Crippen LogP contribution in [0.25, 0.3) is 0 Å². The van der Waals surface area contributed by atoms with Gasteiger partial charge in [0.15, 0.2) is 0 Å². The number of likely N-dealkylation sites (tertiary alicyclic amines) is 1. The van der Waals surface area contributed by atoms with Crippen LogP contribution in [-0.4, -0.2) is 48.2 Å². The van der Waals surface area contributed by atoms with Crippen LogP contribution in [-0.2, 0) is 16.0 Å². The molecule has 150 valence electrons. The van der Waals surface area contributed by atoms with Crippen LogP contribution in [0.1, 0.15) is 45.6 Å². The zero-order valence-electron chi connectivity index (χ0n) is 16.7. The van der Waals surface area contributed by atoms with Gasteiger partial charge in [0.1, 0.15) is 5.60 Å². The van der Waals surface area contributed by atoms with Crippen molar-refractivity contribution in [1.82, 2.24) is 10.2 Å². The molecule has 1 heterocycles. The molecule has 1 atom stereocenters. The van der Waals surface area contributed by atoms with Crippen LogP contribution in [0.15, 0.2) is 30.3 Å². The number of hydrogen-bond donors (Lipinski definition) is 2. The van der Waals surface area contributed by atoms with Gasteiger partial charge in [-0.2, -0.15) is 0 Å². The maximum Gasteiger partial charge on any atom is 0.410 e. The van der Waals surface area contributed by atoms with E-state index in [9.17, 15) is 9.59 Å². The number of amides is 2. The monoisotopic (exact) mass is 375 g/mol. The van der Waals surface area contributed by atoms with Crippen molar-refractivity contribution in [2.45, 2.75) is 58.1 Å². The van der Waals surface area contributed by atoms with Crippen LogP contribution >= 0.6 is 0 Å². The zero-order chi connectivity index (χ0) is 19.9. The molecule has 2 amide bonds. The van der Waals surface area contributed by atoms with E-state index < -0.39 is 11.6 Å². The lowest BCUT2D eigenvalue weighted by atomic mass is 9.90. The van der Waals surface area contributed by atoms with Gasteiger partial charge in [-0.25, -0.2) is 4.79 Å². The quantitative estimate of drug-likeness (QED) is 0.801. The van der Waals surface area contributed by atoms with E-state index in [0.717, 1.165) is 19.3 Å². The Balaban J connectivity index is 1.66. The molecule has 0 aliphatic carbocycles. The summed E-state index contributed by atoms with van der Waals surface area (Å²) in [5, 5.41) is 2.92. The maximum atomic E-state index is 12.2. The Labute approximate surface area is 162 Å². The van der Waals surface area contributed by atoms with Gasteiger partial charge < -0.3 is 20.7 Å². The SMILES string of the molecule is CC(C)(C)OC(=O)N1CCC(CC(N)C(=O)NCCc2ccccc2)CC1. The van der Waals surface area contributed by atoms with Gasteiger partial charge >= 0.3 is 6.09 Å². The van der Waals surface area contributed by atoms with Crippen molar-refractivity contribution in [3.05, 3.63) is 35.9 Å². The van der Waals surface area contributed by atoms with E-state index in [1.807, 2.05) is 51.1 Å². The lowest BCUT2D eigenvalue weighted by Gasteiger charge is -2.34. The topological polar surface area (TPSA) is 84.7 Å². The Morgan fingerprint density at radius 1 is 1.22 bits per heavy atom. The highest BCUT2D eigenvalue weighted by atomic mass is 16.6. The van der Waals surface area contributed by atoms with Crippen LogP contribution in [0.4, 0.5) is 4.79 Å². The Bertz CT molecular complexity index is 605. The van der Waals surface area contributed by atoms with Crippen LogP contribution in [0, 0.1) is 5.92 Å². The van der Waals surface area contributed by atoms with E-state index in [4.69, 9.17) is 10.5 Å². The first kappa shape index (κ1) is 21.2. The molecule has 1 saturated heterocycles. The Morgan fingerprint density at radius 2 is 1.85 bits per heavy atom. The summed E-state index contributed by atoms with van der Waals surface area (Å²) < 4.78 is 5.41. The lowest BCUT2D eigenvalue weighted by molar-refractivity contribution is -0.122. The van der Waals surface area contributed by atoms with Crippen molar-refractivity contribution in [1.29, 1.82) is 0 Å². The molecule has 1 aliphatic heterocycles. The normalized spacial score (nSPS) is 16.7. The van der Waals surface area contributed by atoms with E-state index in [1.165, 1.54) is 5.56 Å². The summed E-state index contributed by atoms with van der Waals surface area (Å²) in [6.07, 6.45) is 2.89. The summed E-state index contributed by atoms with van der Waals surface area (Å²) in [6.45, 7) is 7.50. The van der Waals surface area contributed by atoms with Crippen LogP contribution < -0.4 is 11.1 Å². The second kappa shape index (κ2) is 9.74. The third-order valence-corrected chi connectivity index (χ3v) is 4.75. The van der Waals surface area contributed by atoms with Crippen LogP contribution in [0.2, 0.25) is 0 Å². The van der Waals surface area contributed by atoms with E-state index >= 15 is 0 Å². The lowest BCUT2D eigenvalue weighted by Crippen LogP contribution is -2.45. The Kier molecular flexibility index (Phi) is 7.66. The average Bonchev–Trinajstić information content (AvgIpc) is 2.61. The summed E-state index contributed by atoms with van der Waals surface area (Å²) >= 11 is 0. The molecule has 1 aromatic rings. The van der Waals surface area contributed by atoms with Gasteiger partial charge in [-0.1, -0.05) is 30.3 Å². The van der Waals surface area contributed by atoms with Crippen molar-refractivity contribution >= 4 is 12.0 Å². The highest BCUT2D eigenvalue weighted by Crippen LogP contribution is 2.23. The van der Waals surface area contributed by atoms with Crippen molar-refractivity contribution in [3.8, 4) is 0 Å². The second-order valence-electron chi connectivity index (χ2n) is 8.28. The number of nitrogens with two attached hydrogens (primary N) is 1. The molecule has 0 spiro atoms. The predicted molar refractivity (Wildman–Crippen MR) is 106 cm³/mol. The fraction of sp³-hybridized carbons (Fsp3) is 0.619. The summed E-state index contributed by atoms with van der Waals surface area (Å²) in [6, 6.07) is 9.55. The second-order valence-corrected chi connectivity index (χ2v) is 8.28. The minimum absolute atomic E-state index is 0.0968. The summed E-state index contributed by atoms with van der Waals surface area (Å²) in [5.74, 6) is 0.263. The van der Waals surface area contributed by atoms with E-state index in [2.05, 4.69) is 5.32 Å². The zero-order valence-corrected chi connectivity index (χ0v) is 16.7. The molecule has 1 aromatic carbocycles. The molecule has 0 bridgehead atoms. The molecule has 1 fully saturated rings. The standard InChI is InChI=1S/C21H33N3O3/c1-21(2,3)27-20(26)24-13-10-17(11-14-24)15-18(22)19(25)23-12-9-16-7-5-4-6-8-16/h4-8,17-18H,9-15,22H2,1-3H3,(H,23,25). The first-order valence-electron chi connectivity index (χ1n) is 9.80. The molecule has 2 rings (SSSR count). The molecular formula is C21H33N3O3. The van der Waals surface area contributed by atoms with Gasteiger partial charge in [0.05, 0.1) is 6.04 Å². The van der Waals surface area contributed by atoms with E-state index in [-0.39, 0.29) is 12.0 Å². The van der Waals surface area contributed by atoms with Crippen molar-refractivity contribution < 1.29 is 14.3 Å². The molecule has 6 heteroatoms. The average molecular weight is 376 g/mol. The van der Waals surface area contributed by atoms with Crippen molar-refractivity contribution in [2.75, 3.05) is 19.6 Å². The first-order valence-corrected chi connectivity index (χ1v) is 9.80. The molecule has 1 aliphatic rings. The number of carbonyl (C=O) groups is 2. The molecule has 0 saturated carbocycles. The van der Waals surface area contributed by atoms with Gasteiger partial charge in [0.2, 0.25) is 5.91 Å². The number of rotatable bonds is 6. The number of carbonyl (C=O) groups excluding carboxylic acids is 2. The summed E-state index contributed by atoms with van der Waals surface area (Å²) in [5.41, 5.74) is 6.81. The van der Waals surface area contributed by atoms with Crippen molar-refractivity contribution in [2.24, 2.45) is 11.7 Å². The van der Waals surface area contributed by atoms with Crippen LogP contribution in [0.5, 0.6) is 0 Å².